The van der Waals surface area contributed by atoms with E-state index in [-0.39, 0.29) is 16.9 Å². The molecule has 0 aromatic heterocycles. The van der Waals surface area contributed by atoms with Crippen molar-refractivity contribution in [3.05, 3.63) is 28.5 Å². The molecule has 1 amide bonds. The fourth-order valence-corrected chi connectivity index (χ4v) is 3.32. The molecular weight excluding hydrogens is 371 g/mol. The third-order valence-electron chi connectivity index (χ3n) is 4.23. The second kappa shape index (κ2) is 7.88. The van der Waals surface area contributed by atoms with E-state index < -0.39 is 27.5 Å². The molecule has 0 heterocycles. The van der Waals surface area contributed by atoms with E-state index in [0.717, 1.165) is 42.1 Å². The zero-order chi connectivity index (χ0) is 18.8. The maximum absolute atomic E-state index is 14.3. The van der Waals surface area contributed by atoms with Crippen LogP contribution in [0.4, 0.5) is 4.39 Å². The summed E-state index contributed by atoms with van der Waals surface area (Å²) in [5, 5.41) is 0.0624. The van der Waals surface area contributed by atoms with E-state index in [1.54, 1.807) is 4.72 Å². The first-order valence-electron chi connectivity index (χ1n) is 8.00. The molecule has 2 rings (SSSR count). The van der Waals surface area contributed by atoms with E-state index in [0.29, 0.717) is 5.92 Å². The highest BCUT2D eigenvalue weighted by molar-refractivity contribution is 7.87. The second-order valence-corrected chi connectivity index (χ2v) is 8.77. The maximum Gasteiger partial charge on any atom is 0.303 e. The molecule has 25 heavy (non-hydrogen) atoms. The maximum atomic E-state index is 14.3. The number of nitrogens with zero attached hydrogens (tertiary/aromatic N) is 1. The summed E-state index contributed by atoms with van der Waals surface area (Å²) in [4.78, 5) is 12.0. The first kappa shape index (κ1) is 19.9. The number of hydrogen-bond acceptors (Lipinski definition) is 4. The zero-order valence-corrected chi connectivity index (χ0v) is 16.0. The lowest BCUT2D eigenvalue weighted by Crippen LogP contribution is -2.39. The Morgan fingerprint density at radius 1 is 1.28 bits per heavy atom. The quantitative estimate of drug-likeness (QED) is 0.835. The molecule has 1 fully saturated rings. The molecule has 0 saturated heterocycles. The summed E-state index contributed by atoms with van der Waals surface area (Å²) in [6.07, 6.45) is 3.76. The first-order chi connectivity index (χ1) is 11.6. The van der Waals surface area contributed by atoms with Crippen molar-refractivity contribution in [1.82, 2.24) is 9.03 Å². The van der Waals surface area contributed by atoms with Gasteiger partial charge in [0.05, 0.1) is 16.7 Å². The highest BCUT2D eigenvalue weighted by Gasteiger charge is 2.24. The lowest BCUT2D eigenvalue weighted by atomic mass is 9.89. The number of carbonyl (C=O) groups excluding carboxylic acids is 1. The molecule has 0 atom stereocenters. The summed E-state index contributed by atoms with van der Waals surface area (Å²) in [6, 6.07) is 2.11. The Balaban J connectivity index is 2.15. The molecular formula is C16H22ClFN2O4S. The largest absolute Gasteiger partial charge is 0.489 e. The predicted octanol–water partition coefficient (Wildman–Crippen LogP) is 2.97. The van der Waals surface area contributed by atoms with Crippen LogP contribution in [0, 0.1) is 11.7 Å². The summed E-state index contributed by atoms with van der Waals surface area (Å²) >= 11 is 6.10. The van der Waals surface area contributed by atoms with Crippen LogP contribution in [0.1, 0.15) is 43.0 Å². The molecule has 9 heteroatoms. The molecule has 1 aliphatic carbocycles. The molecule has 6 nitrogen and oxygen atoms in total. The summed E-state index contributed by atoms with van der Waals surface area (Å²) in [5.41, 5.74) is -0.458. The number of nitrogens with one attached hydrogen (secondary N) is 1. The van der Waals surface area contributed by atoms with Gasteiger partial charge in [0.15, 0.2) is 0 Å². The summed E-state index contributed by atoms with van der Waals surface area (Å²) in [6.45, 7) is 2.18. The Kier molecular flexibility index (Phi) is 6.29. The number of hydrogen-bond donors (Lipinski definition) is 1. The molecule has 1 N–H and O–H groups in total. The average molecular weight is 393 g/mol. The first-order valence-corrected chi connectivity index (χ1v) is 9.82. The Hall–Kier alpha value is -1.38. The van der Waals surface area contributed by atoms with E-state index in [1.165, 1.54) is 14.1 Å². The van der Waals surface area contributed by atoms with Crippen molar-refractivity contribution in [3.8, 4) is 5.75 Å². The molecule has 1 aromatic carbocycles. The van der Waals surface area contributed by atoms with Crippen molar-refractivity contribution in [2.45, 2.75) is 38.7 Å². The van der Waals surface area contributed by atoms with Crippen LogP contribution in [0.25, 0.3) is 0 Å². The molecule has 1 aliphatic rings. The normalized spacial score (nSPS) is 21.2. The summed E-state index contributed by atoms with van der Waals surface area (Å²) < 4.78 is 46.0. The highest BCUT2D eigenvalue weighted by Crippen LogP contribution is 2.32. The highest BCUT2D eigenvalue weighted by atomic mass is 35.5. The van der Waals surface area contributed by atoms with Gasteiger partial charge in [-0.3, -0.25) is 4.79 Å². The van der Waals surface area contributed by atoms with E-state index in [9.17, 15) is 17.6 Å². The van der Waals surface area contributed by atoms with Gasteiger partial charge in [-0.05, 0) is 37.7 Å². The third-order valence-corrected chi connectivity index (χ3v) is 5.93. The van der Waals surface area contributed by atoms with Crippen LogP contribution in [-0.4, -0.2) is 38.8 Å². The van der Waals surface area contributed by atoms with Crippen LogP contribution in [-0.2, 0) is 10.2 Å². The van der Waals surface area contributed by atoms with Crippen LogP contribution < -0.4 is 9.46 Å². The van der Waals surface area contributed by atoms with E-state index in [1.807, 2.05) is 0 Å². The van der Waals surface area contributed by atoms with Crippen molar-refractivity contribution in [3.63, 3.8) is 0 Å². The van der Waals surface area contributed by atoms with Gasteiger partial charge in [0.2, 0.25) is 0 Å². The van der Waals surface area contributed by atoms with Crippen molar-refractivity contribution >= 4 is 27.7 Å². The van der Waals surface area contributed by atoms with Crippen LogP contribution in [0.15, 0.2) is 12.1 Å². The molecule has 0 bridgehead atoms. The Bertz CT molecular complexity index is 747. The fraction of sp³-hybridized carbons (Fsp3) is 0.562. The summed E-state index contributed by atoms with van der Waals surface area (Å²) in [5.74, 6) is -1.18. The van der Waals surface area contributed by atoms with Crippen molar-refractivity contribution < 1.29 is 22.3 Å². The van der Waals surface area contributed by atoms with Crippen LogP contribution in [0.2, 0.25) is 5.02 Å². The van der Waals surface area contributed by atoms with Gasteiger partial charge in [-0.2, -0.15) is 12.7 Å². The van der Waals surface area contributed by atoms with E-state index in [2.05, 4.69) is 6.92 Å². The molecule has 0 aliphatic heterocycles. The SMILES string of the molecule is CN(C)S(=O)(=O)NC(=O)c1cc(Cl)c(O[C@H]2CC[C@H](C)CC2)cc1F. The minimum Gasteiger partial charge on any atom is -0.489 e. The summed E-state index contributed by atoms with van der Waals surface area (Å²) in [7, 11) is -1.52. The number of rotatable bonds is 5. The van der Waals surface area contributed by atoms with Gasteiger partial charge in [-0.25, -0.2) is 9.11 Å². The Morgan fingerprint density at radius 2 is 1.88 bits per heavy atom. The minimum atomic E-state index is -4.02. The van der Waals surface area contributed by atoms with Gasteiger partial charge in [-0.1, -0.05) is 18.5 Å². The third kappa shape index (κ3) is 5.05. The number of benzene rings is 1. The van der Waals surface area contributed by atoms with Crippen LogP contribution >= 0.6 is 11.6 Å². The monoisotopic (exact) mass is 392 g/mol. The van der Waals surface area contributed by atoms with Gasteiger partial charge < -0.3 is 4.74 Å². The standard InChI is InChI=1S/C16H22ClFN2O4S/c1-10-4-6-11(7-5-10)24-15-9-14(18)12(8-13(15)17)16(21)19-25(22,23)20(2)3/h8-11H,4-7H2,1-3H3,(H,19,21)/t10-,11-. The van der Waals surface area contributed by atoms with Gasteiger partial charge in [-0.15, -0.1) is 0 Å². The zero-order valence-electron chi connectivity index (χ0n) is 14.4. The molecule has 0 unspecified atom stereocenters. The lowest BCUT2D eigenvalue weighted by Gasteiger charge is -2.27. The topological polar surface area (TPSA) is 75.7 Å². The molecule has 140 valence electrons. The van der Waals surface area contributed by atoms with Gasteiger partial charge in [0.1, 0.15) is 11.6 Å². The predicted molar refractivity (Wildman–Crippen MR) is 93.5 cm³/mol. The second-order valence-electron chi connectivity index (χ2n) is 6.48. The molecule has 0 spiro atoms. The molecule has 1 saturated carbocycles. The van der Waals surface area contributed by atoms with Crippen molar-refractivity contribution in [1.29, 1.82) is 0 Å². The van der Waals surface area contributed by atoms with Gasteiger partial charge in [0, 0.05) is 20.2 Å². The smallest absolute Gasteiger partial charge is 0.303 e. The lowest BCUT2D eigenvalue weighted by molar-refractivity contribution is 0.0975. The van der Waals surface area contributed by atoms with E-state index >= 15 is 0 Å². The van der Waals surface area contributed by atoms with Crippen molar-refractivity contribution in [2.75, 3.05) is 14.1 Å². The number of carbonyl (C=O) groups is 1. The molecule has 0 radical (unpaired) electrons. The number of amides is 1. The van der Waals surface area contributed by atoms with Crippen LogP contribution in [0.5, 0.6) is 5.75 Å². The van der Waals surface area contributed by atoms with Crippen LogP contribution in [0.3, 0.4) is 0 Å². The molecule has 1 aromatic rings. The van der Waals surface area contributed by atoms with Gasteiger partial charge in [0.25, 0.3) is 5.91 Å². The van der Waals surface area contributed by atoms with Crippen molar-refractivity contribution in [2.24, 2.45) is 5.92 Å². The Labute approximate surface area is 152 Å². The fourth-order valence-electron chi connectivity index (χ4n) is 2.58. The Morgan fingerprint density at radius 3 is 2.44 bits per heavy atom. The van der Waals surface area contributed by atoms with E-state index in [4.69, 9.17) is 16.3 Å². The minimum absolute atomic E-state index is 0.0399. The van der Waals surface area contributed by atoms with Gasteiger partial charge >= 0.3 is 10.2 Å². The average Bonchev–Trinajstić information content (AvgIpc) is 2.52. The number of halogens is 2. The number of ether oxygens (including phenoxy) is 1.